The van der Waals surface area contributed by atoms with Gasteiger partial charge in [0, 0.05) is 30.8 Å². The first-order chi connectivity index (χ1) is 13.3. The zero-order valence-electron chi connectivity index (χ0n) is 17.1. The molecule has 0 heterocycles. The monoisotopic (exact) mass is 408 g/mol. The number of rotatable bonds is 13. The Morgan fingerprint density at radius 2 is 1.75 bits per heavy atom. The van der Waals surface area contributed by atoms with Crippen molar-refractivity contribution in [1.82, 2.24) is 10.6 Å². The van der Waals surface area contributed by atoms with Gasteiger partial charge >= 0.3 is 5.97 Å². The lowest BCUT2D eigenvalue weighted by molar-refractivity contribution is -0.145. The van der Waals surface area contributed by atoms with E-state index in [4.69, 9.17) is 4.74 Å². The minimum Gasteiger partial charge on any atom is -0.466 e. The van der Waals surface area contributed by atoms with Gasteiger partial charge in [0.05, 0.1) is 13.0 Å². The molecule has 0 aliphatic rings. The van der Waals surface area contributed by atoms with Gasteiger partial charge in [0.25, 0.3) is 5.91 Å². The predicted octanol–water partition coefficient (Wildman–Crippen LogP) is 3.03. The van der Waals surface area contributed by atoms with Crippen LogP contribution in [0, 0.1) is 5.41 Å². The first kappa shape index (κ1) is 24.0. The highest BCUT2D eigenvalue weighted by atomic mass is 32.2. The fourth-order valence-electron chi connectivity index (χ4n) is 2.47. The van der Waals surface area contributed by atoms with Crippen molar-refractivity contribution in [3.8, 4) is 0 Å². The summed E-state index contributed by atoms with van der Waals surface area (Å²) in [5.41, 5.74) is 0.504. The van der Waals surface area contributed by atoms with Crippen molar-refractivity contribution in [3.05, 3.63) is 35.9 Å². The first-order valence-corrected chi connectivity index (χ1v) is 10.8. The number of benzene rings is 1. The standard InChI is InChI=1S/C21H32N2O4S/c1-4-27-19(25)16-21(2,3)11-14-28-15-13-22-18(24)10-12-23-20(26)17-8-6-5-7-9-17/h5-9H,4,10-16H2,1-3H3,(H,22,24)(H,23,26). The molecule has 0 unspecified atom stereocenters. The Kier molecular flexibility index (Phi) is 11.3. The van der Waals surface area contributed by atoms with Gasteiger partial charge in [-0.1, -0.05) is 32.0 Å². The van der Waals surface area contributed by atoms with Crippen LogP contribution in [-0.4, -0.2) is 49.0 Å². The molecule has 0 spiro atoms. The molecule has 0 bridgehead atoms. The number of carbonyl (C=O) groups is 3. The molecule has 156 valence electrons. The van der Waals surface area contributed by atoms with Gasteiger partial charge in [-0.05, 0) is 36.6 Å². The topological polar surface area (TPSA) is 84.5 Å². The van der Waals surface area contributed by atoms with Gasteiger partial charge in [0.1, 0.15) is 0 Å². The Balaban J connectivity index is 2.06. The SMILES string of the molecule is CCOC(=O)CC(C)(C)CCSCCNC(=O)CCNC(=O)c1ccccc1. The lowest BCUT2D eigenvalue weighted by atomic mass is 9.86. The Morgan fingerprint density at radius 1 is 1.04 bits per heavy atom. The van der Waals surface area contributed by atoms with Crippen molar-refractivity contribution in [1.29, 1.82) is 0 Å². The molecular formula is C21H32N2O4S. The number of hydrogen-bond donors (Lipinski definition) is 2. The van der Waals surface area contributed by atoms with E-state index in [-0.39, 0.29) is 29.6 Å². The van der Waals surface area contributed by atoms with Crippen LogP contribution in [0.2, 0.25) is 0 Å². The second-order valence-electron chi connectivity index (χ2n) is 7.23. The summed E-state index contributed by atoms with van der Waals surface area (Å²) in [4.78, 5) is 35.3. The van der Waals surface area contributed by atoms with Crippen molar-refractivity contribution < 1.29 is 19.1 Å². The van der Waals surface area contributed by atoms with Crippen LogP contribution in [-0.2, 0) is 14.3 Å². The van der Waals surface area contributed by atoms with Gasteiger partial charge in [0.15, 0.2) is 0 Å². The van der Waals surface area contributed by atoms with Crippen molar-refractivity contribution >= 4 is 29.5 Å². The summed E-state index contributed by atoms with van der Waals surface area (Å²) >= 11 is 1.75. The summed E-state index contributed by atoms with van der Waals surface area (Å²) in [6.45, 7) is 7.26. The summed E-state index contributed by atoms with van der Waals surface area (Å²) < 4.78 is 5.00. The highest BCUT2D eigenvalue weighted by Gasteiger charge is 2.22. The molecule has 0 aliphatic heterocycles. The number of nitrogens with one attached hydrogen (secondary N) is 2. The molecule has 1 aromatic carbocycles. The summed E-state index contributed by atoms with van der Waals surface area (Å²) in [5.74, 6) is 1.35. The second kappa shape index (κ2) is 13.2. The maximum Gasteiger partial charge on any atom is 0.306 e. The summed E-state index contributed by atoms with van der Waals surface area (Å²) in [5, 5.41) is 5.60. The highest BCUT2D eigenvalue weighted by Crippen LogP contribution is 2.27. The van der Waals surface area contributed by atoms with Gasteiger partial charge in [-0.3, -0.25) is 14.4 Å². The van der Waals surface area contributed by atoms with Gasteiger partial charge in [-0.15, -0.1) is 0 Å². The highest BCUT2D eigenvalue weighted by molar-refractivity contribution is 7.99. The molecule has 0 fully saturated rings. The van der Waals surface area contributed by atoms with Gasteiger partial charge in [0.2, 0.25) is 5.91 Å². The van der Waals surface area contributed by atoms with Crippen LogP contribution in [0.5, 0.6) is 0 Å². The molecule has 2 N–H and O–H groups in total. The van der Waals surface area contributed by atoms with E-state index in [1.165, 1.54) is 0 Å². The normalized spacial score (nSPS) is 11.0. The van der Waals surface area contributed by atoms with Gasteiger partial charge in [-0.2, -0.15) is 11.8 Å². The molecular weight excluding hydrogens is 376 g/mol. The van der Waals surface area contributed by atoms with E-state index in [1.54, 1.807) is 36.0 Å². The minimum atomic E-state index is -0.172. The zero-order chi connectivity index (χ0) is 20.8. The number of thioether (sulfide) groups is 1. The lowest BCUT2D eigenvalue weighted by Gasteiger charge is -2.23. The van der Waals surface area contributed by atoms with E-state index in [2.05, 4.69) is 24.5 Å². The van der Waals surface area contributed by atoms with Crippen molar-refractivity contribution in [2.24, 2.45) is 5.41 Å². The second-order valence-corrected chi connectivity index (χ2v) is 8.46. The van der Waals surface area contributed by atoms with E-state index in [1.807, 2.05) is 13.0 Å². The Labute approximate surface area is 172 Å². The number of esters is 1. The van der Waals surface area contributed by atoms with E-state index < -0.39 is 0 Å². The van der Waals surface area contributed by atoms with Crippen LogP contribution in [0.1, 0.15) is 50.4 Å². The van der Waals surface area contributed by atoms with E-state index in [9.17, 15) is 14.4 Å². The molecule has 0 saturated heterocycles. The number of ether oxygens (including phenoxy) is 1. The molecule has 0 atom stereocenters. The molecule has 1 aromatic rings. The van der Waals surface area contributed by atoms with Crippen molar-refractivity contribution in [2.45, 2.75) is 40.0 Å². The van der Waals surface area contributed by atoms with Crippen molar-refractivity contribution in [3.63, 3.8) is 0 Å². The zero-order valence-corrected chi connectivity index (χ0v) is 17.9. The Bertz CT molecular complexity index is 620. The third-order valence-electron chi connectivity index (χ3n) is 4.09. The quantitative estimate of drug-likeness (QED) is 0.387. The number of carbonyl (C=O) groups excluding carboxylic acids is 3. The average molecular weight is 409 g/mol. The van der Waals surface area contributed by atoms with Crippen LogP contribution in [0.25, 0.3) is 0 Å². The van der Waals surface area contributed by atoms with Crippen LogP contribution < -0.4 is 10.6 Å². The van der Waals surface area contributed by atoms with Crippen LogP contribution in [0.15, 0.2) is 30.3 Å². The fourth-order valence-corrected chi connectivity index (χ4v) is 3.62. The Morgan fingerprint density at radius 3 is 2.43 bits per heavy atom. The molecule has 2 amide bonds. The number of amides is 2. The van der Waals surface area contributed by atoms with Crippen LogP contribution in [0.3, 0.4) is 0 Å². The lowest BCUT2D eigenvalue weighted by Crippen LogP contribution is -2.31. The maximum atomic E-state index is 11.9. The van der Waals surface area contributed by atoms with Gasteiger partial charge in [-0.25, -0.2) is 0 Å². The third kappa shape index (κ3) is 11.0. The van der Waals surface area contributed by atoms with E-state index >= 15 is 0 Å². The van der Waals surface area contributed by atoms with Crippen LogP contribution >= 0.6 is 11.8 Å². The largest absolute Gasteiger partial charge is 0.466 e. The molecule has 6 nitrogen and oxygen atoms in total. The molecule has 0 radical (unpaired) electrons. The van der Waals surface area contributed by atoms with Crippen molar-refractivity contribution in [2.75, 3.05) is 31.2 Å². The fraction of sp³-hybridized carbons (Fsp3) is 0.571. The molecule has 0 aromatic heterocycles. The maximum absolute atomic E-state index is 11.9. The van der Waals surface area contributed by atoms with Gasteiger partial charge < -0.3 is 15.4 Å². The average Bonchev–Trinajstić information content (AvgIpc) is 2.64. The molecule has 7 heteroatoms. The number of hydrogen-bond acceptors (Lipinski definition) is 5. The first-order valence-electron chi connectivity index (χ1n) is 9.67. The van der Waals surface area contributed by atoms with Crippen LogP contribution in [0.4, 0.5) is 0 Å². The molecule has 1 rings (SSSR count). The predicted molar refractivity (Wildman–Crippen MR) is 113 cm³/mol. The van der Waals surface area contributed by atoms with E-state index in [0.29, 0.717) is 31.7 Å². The summed E-state index contributed by atoms with van der Waals surface area (Å²) in [6.07, 6.45) is 1.60. The molecule has 28 heavy (non-hydrogen) atoms. The summed E-state index contributed by atoms with van der Waals surface area (Å²) in [6, 6.07) is 8.93. The minimum absolute atomic E-state index is 0.0726. The molecule has 0 saturated carbocycles. The third-order valence-corrected chi connectivity index (χ3v) is 5.08. The van der Waals surface area contributed by atoms with E-state index in [0.717, 1.165) is 17.9 Å². The smallest absolute Gasteiger partial charge is 0.306 e. The Hall–Kier alpha value is -2.02. The summed E-state index contributed by atoms with van der Waals surface area (Å²) in [7, 11) is 0. The molecule has 0 aliphatic carbocycles.